The third-order valence-electron chi connectivity index (χ3n) is 3.28. The second kappa shape index (κ2) is 6.12. The molecule has 1 unspecified atom stereocenters. The molecule has 1 aliphatic carbocycles. The smallest absolute Gasteiger partial charge is 0.0782 e. The molecule has 2 heteroatoms. The molecule has 0 aromatic heterocycles. The number of alkyl halides is 1. The summed E-state index contributed by atoms with van der Waals surface area (Å²) in [4.78, 5) is 0. The third kappa shape index (κ3) is 3.54. The molecule has 1 nitrogen and oxygen atoms in total. The molecule has 0 heterocycles. The minimum Gasteiger partial charge on any atom is -0.371 e. The summed E-state index contributed by atoms with van der Waals surface area (Å²) in [6.45, 7) is 4.39. The van der Waals surface area contributed by atoms with E-state index in [2.05, 4.69) is 29.8 Å². The minimum atomic E-state index is 0.145. The monoisotopic (exact) mass is 262 g/mol. The predicted molar refractivity (Wildman–Crippen MR) is 65.1 cm³/mol. The lowest BCUT2D eigenvalue weighted by Gasteiger charge is -2.34. The topological polar surface area (TPSA) is 9.23 Å². The molecule has 1 fully saturated rings. The van der Waals surface area contributed by atoms with Crippen LogP contribution in [0, 0.1) is 0 Å². The normalized spacial score (nSPS) is 24.2. The fourth-order valence-corrected chi connectivity index (χ4v) is 2.86. The summed E-state index contributed by atoms with van der Waals surface area (Å²) >= 11 is 3.64. The van der Waals surface area contributed by atoms with E-state index in [0.717, 1.165) is 11.8 Å². The van der Waals surface area contributed by atoms with Gasteiger partial charge in [0.05, 0.1) is 11.7 Å². The zero-order valence-electron chi connectivity index (χ0n) is 9.52. The van der Waals surface area contributed by atoms with Gasteiger partial charge < -0.3 is 4.74 Å². The first-order valence-corrected chi connectivity index (χ1v) is 7.08. The lowest BCUT2D eigenvalue weighted by Crippen LogP contribution is -2.37. The summed E-state index contributed by atoms with van der Waals surface area (Å²) in [7, 11) is 0. The standard InChI is InChI=1S/C12H23BrO/c1-3-11(2)14-12(10-13)8-6-4-5-7-9-12/h11H,3-10H2,1-2H3. The number of ether oxygens (including phenoxy) is 1. The van der Waals surface area contributed by atoms with E-state index in [1.54, 1.807) is 0 Å². The first-order chi connectivity index (χ1) is 6.72. The van der Waals surface area contributed by atoms with Gasteiger partial charge in [0, 0.05) is 5.33 Å². The Bertz CT molecular complexity index is 150. The molecule has 0 N–H and O–H groups in total. The maximum atomic E-state index is 6.21. The average molecular weight is 263 g/mol. The van der Waals surface area contributed by atoms with Crippen molar-refractivity contribution in [1.82, 2.24) is 0 Å². The molecule has 1 saturated carbocycles. The molecule has 0 aromatic rings. The van der Waals surface area contributed by atoms with Gasteiger partial charge in [0.1, 0.15) is 0 Å². The second-order valence-electron chi connectivity index (χ2n) is 4.57. The maximum Gasteiger partial charge on any atom is 0.0782 e. The molecule has 0 bridgehead atoms. The number of hydrogen-bond acceptors (Lipinski definition) is 1. The van der Waals surface area contributed by atoms with Gasteiger partial charge in [-0.2, -0.15) is 0 Å². The van der Waals surface area contributed by atoms with E-state index < -0.39 is 0 Å². The molecule has 1 rings (SSSR count). The Labute approximate surface area is 96.7 Å². The fourth-order valence-electron chi connectivity index (χ4n) is 2.17. The molecule has 0 saturated heterocycles. The van der Waals surface area contributed by atoms with Gasteiger partial charge in [-0.25, -0.2) is 0 Å². The lowest BCUT2D eigenvalue weighted by atomic mass is 9.96. The quantitative estimate of drug-likeness (QED) is 0.543. The van der Waals surface area contributed by atoms with Crippen molar-refractivity contribution in [2.45, 2.75) is 70.5 Å². The third-order valence-corrected chi connectivity index (χ3v) is 4.31. The molecule has 14 heavy (non-hydrogen) atoms. The molecular weight excluding hydrogens is 240 g/mol. The highest BCUT2D eigenvalue weighted by Crippen LogP contribution is 2.33. The van der Waals surface area contributed by atoms with Crippen molar-refractivity contribution < 1.29 is 4.74 Å². The van der Waals surface area contributed by atoms with Gasteiger partial charge in [-0.1, -0.05) is 48.5 Å². The largest absolute Gasteiger partial charge is 0.371 e. The Morgan fingerprint density at radius 1 is 1.21 bits per heavy atom. The lowest BCUT2D eigenvalue weighted by molar-refractivity contribution is -0.0806. The van der Waals surface area contributed by atoms with Crippen LogP contribution < -0.4 is 0 Å². The Kier molecular flexibility index (Phi) is 5.47. The van der Waals surface area contributed by atoms with Crippen LogP contribution in [0.25, 0.3) is 0 Å². The van der Waals surface area contributed by atoms with Gasteiger partial charge in [-0.15, -0.1) is 0 Å². The summed E-state index contributed by atoms with van der Waals surface area (Å²) in [6, 6.07) is 0. The maximum absolute atomic E-state index is 6.21. The van der Waals surface area contributed by atoms with E-state index in [4.69, 9.17) is 4.74 Å². The van der Waals surface area contributed by atoms with E-state index in [1.165, 1.54) is 38.5 Å². The van der Waals surface area contributed by atoms with E-state index in [-0.39, 0.29) is 5.60 Å². The SMILES string of the molecule is CCC(C)OC1(CBr)CCCCCC1. The van der Waals surface area contributed by atoms with Crippen molar-refractivity contribution in [2.75, 3.05) is 5.33 Å². The Balaban J connectivity index is 2.53. The van der Waals surface area contributed by atoms with Crippen molar-refractivity contribution in [3.63, 3.8) is 0 Å². The minimum absolute atomic E-state index is 0.145. The molecular formula is C12H23BrO. The molecule has 1 atom stereocenters. The van der Waals surface area contributed by atoms with E-state index >= 15 is 0 Å². The highest BCUT2D eigenvalue weighted by molar-refractivity contribution is 9.09. The van der Waals surface area contributed by atoms with Gasteiger partial charge in [0.15, 0.2) is 0 Å². The Morgan fingerprint density at radius 3 is 2.21 bits per heavy atom. The van der Waals surface area contributed by atoms with Crippen molar-refractivity contribution in [3.8, 4) is 0 Å². The van der Waals surface area contributed by atoms with Crippen molar-refractivity contribution >= 4 is 15.9 Å². The van der Waals surface area contributed by atoms with Gasteiger partial charge in [-0.3, -0.25) is 0 Å². The van der Waals surface area contributed by atoms with E-state index in [0.29, 0.717) is 6.10 Å². The van der Waals surface area contributed by atoms with Crippen LogP contribution >= 0.6 is 15.9 Å². The van der Waals surface area contributed by atoms with Crippen LogP contribution in [0.3, 0.4) is 0 Å². The van der Waals surface area contributed by atoms with Crippen LogP contribution in [-0.2, 0) is 4.74 Å². The first kappa shape index (κ1) is 12.5. The molecule has 0 amide bonds. The number of hydrogen-bond donors (Lipinski definition) is 0. The Hall–Kier alpha value is 0.440. The van der Waals surface area contributed by atoms with Crippen LogP contribution in [-0.4, -0.2) is 17.0 Å². The van der Waals surface area contributed by atoms with Gasteiger partial charge in [-0.05, 0) is 26.2 Å². The summed E-state index contributed by atoms with van der Waals surface area (Å²) in [5.74, 6) is 0. The summed E-state index contributed by atoms with van der Waals surface area (Å²) in [5, 5.41) is 1.00. The van der Waals surface area contributed by atoms with Crippen molar-refractivity contribution in [3.05, 3.63) is 0 Å². The second-order valence-corrected chi connectivity index (χ2v) is 5.13. The van der Waals surface area contributed by atoms with E-state index in [9.17, 15) is 0 Å². The van der Waals surface area contributed by atoms with Gasteiger partial charge >= 0.3 is 0 Å². The van der Waals surface area contributed by atoms with Crippen LogP contribution in [0.5, 0.6) is 0 Å². The molecule has 0 radical (unpaired) electrons. The summed E-state index contributed by atoms with van der Waals surface area (Å²) in [6.07, 6.45) is 9.45. The van der Waals surface area contributed by atoms with Crippen molar-refractivity contribution in [2.24, 2.45) is 0 Å². The van der Waals surface area contributed by atoms with Crippen molar-refractivity contribution in [1.29, 1.82) is 0 Å². The van der Waals surface area contributed by atoms with Gasteiger partial charge in [0.25, 0.3) is 0 Å². The summed E-state index contributed by atoms with van der Waals surface area (Å²) in [5.41, 5.74) is 0.145. The number of halogens is 1. The zero-order valence-corrected chi connectivity index (χ0v) is 11.1. The molecule has 84 valence electrons. The molecule has 1 aliphatic rings. The highest BCUT2D eigenvalue weighted by Gasteiger charge is 2.31. The van der Waals surface area contributed by atoms with Crippen LogP contribution in [0.2, 0.25) is 0 Å². The molecule has 0 spiro atoms. The Morgan fingerprint density at radius 2 is 1.79 bits per heavy atom. The summed E-state index contributed by atoms with van der Waals surface area (Å²) < 4.78 is 6.21. The van der Waals surface area contributed by atoms with Gasteiger partial charge in [0.2, 0.25) is 0 Å². The van der Waals surface area contributed by atoms with Crippen LogP contribution in [0.4, 0.5) is 0 Å². The molecule has 0 aliphatic heterocycles. The average Bonchev–Trinajstić information content (AvgIpc) is 2.44. The van der Waals surface area contributed by atoms with Crippen LogP contribution in [0.15, 0.2) is 0 Å². The fraction of sp³-hybridized carbons (Fsp3) is 1.00. The van der Waals surface area contributed by atoms with Crippen LogP contribution in [0.1, 0.15) is 58.8 Å². The molecule has 0 aromatic carbocycles. The zero-order chi connectivity index (χ0) is 10.4. The van der Waals surface area contributed by atoms with E-state index in [1.807, 2.05) is 0 Å². The number of rotatable bonds is 4. The highest BCUT2D eigenvalue weighted by atomic mass is 79.9. The first-order valence-electron chi connectivity index (χ1n) is 5.96. The predicted octanol–water partition coefficient (Wildman–Crippen LogP) is 4.29.